The van der Waals surface area contributed by atoms with Crippen molar-refractivity contribution in [2.24, 2.45) is 0 Å². The predicted octanol–water partition coefficient (Wildman–Crippen LogP) is 16.5. The summed E-state index contributed by atoms with van der Waals surface area (Å²) in [6, 6.07) is 72.3. The van der Waals surface area contributed by atoms with E-state index >= 15 is 0 Å². The van der Waals surface area contributed by atoms with Crippen molar-refractivity contribution in [3.8, 4) is 103 Å². The summed E-state index contributed by atoms with van der Waals surface area (Å²) in [5, 5.41) is 65.6. The summed E-state index contributed by atoms with van der Waals surface area (Å²) in [4.78, 5) is 0. The van der Waals surface area contributed by atoms with Crippen LogP contribution in [0.2, 0.25) is 0 Å². The second kappa shape index (κ2) is 18.8. The smallest absolute Gasteiger partial charge is 0.308 e. The van der Waals surface area contributed by atoms with Crippen LogP contribution in [0.25, 0.3) is 111 Å². The van der Waals surface area contributed by atoms with E-state index in [-0.39, 0.29) is 22.3 Å². The summed E-state index contributed by atoms with van der Waals surface area (Å²) in [5.74, 6) is 0. The van der Waals surface area contributed by atoms with Gasteiger partial charge in [0.05, 0.1) is 97.2 Å². The van der Waals surface area contributed by atoms with Crippen LogP contribution in [-0.2, 0) is 6.18 Å². The quantitative estimate of drug-likeness (QED) is 0.155. The van der Waals surface area contributed by atoms with Gasteiger partial charge in [0, 0.05) is 21.5 Å². The molecule has 0 N–H and O–H groups in total. The van der Waals surface area contributed by atoms with E-state index in [0.29, 0.717) is 77.9 Å². The molecule has 10 aromatic carbocycles. The van der Waals surface area contributed by atoms with Gasteiger partial charge >= 0.3 is 6.18 Å². The highest BCUT2D eigenvalue weighted by atomic mass is 19.4. The molecular weight excluding hydrogens is 974 g/mol. The number of hydrogen-bond donors (Lipinski definition) is 0. The second-order valence-corrected chi connectivity index (χ2v) is 18.6. The maximum atomic E-state index is 14.8. The summed E-state index contributed by atoms with van der Waals surface area (Å²) in [6.45, 7) is 0. The van der Waals surface area contributed by atoms with Crippen LogP contribution in [0.4, 0.5) is 13.2 Å². The molecule has 0 aliphatic heterocycles. The molecular formula is C67H33F3N8. The Morgan fingerprint density at radius 3 is 0.923 bits per heavy atom. The van der Waals surface area contributed by atoms with Gasteiger partial charge in [0.1, 0.15) is 11.6 Å². The molecule has 0 amide bonds. The van der Waals surface area contributed by atoms with Crippen molar-refractivity contribution in [2.45, 2.75) is 6.18 Å². The molecule has 362 valence electrons. The fraction of sp³-hybridized carbons (Fsp3) is 0.0149. The van der Waals surface area contributed by atoms with E-state index in [9.17, 15) is 44.7 Å². The van der Waals surface area contributed by atoms with Crippen molar-refractivity contribution in [2.75, 3.05) is 0 Å². The van der Waals surface area contributed by atoms with Crippen molar-refractivity contribution in [3.63, 3.8) is 0 Å². The Morgan fingerprint density at radius 2 is 0.628 bits per heavy atom. The number of aromatic nitrogens is 2. The third-order valence-electron chi connectivity index (χ3n) is 14.4. The first kappa shape index (κ1) is 47.5. The minimum Gasteiger partial charge on any atom is -0.308 e. The molecule has 0 atom stereocenters. The molecule has 0 saturated carbocycles. The molecule has 2 aromatic heterocycles. The fourth-order valence-corrected chi connectivity index (χ4v) is 10.8. The molecule has 0 fully saturated rings. The third-order valence-corrected chi connectivity index (χ3v) is 14.4. The molecule has 0 saturated heterocycles. The average Bonchev–Trinajstić information content (AvgIpc) is 4.23. The van der Waals surface area contributed by atoms with Gasteiger partial charge in [-0.05, 0) is 159 Å². The molecule has 12 aromatic rings. The Balaban J connectivity index is 1.22. The number of nitrogens with zero attached hydrogens (tertiary/aromatic N) is 8. The Hall–Kier alpha value is -11.5. The van der Waals surface area contributed by atoms with Gasteiger partial charge in [-0.2, -0.15) is 44.7 Å². The van der Waals surface area contributed by atoms with E-state index in [2.05, 4.69) is 30.3 Å². The Morgan fingerprint density at radius 1 is 0.308 bits per heavy atom. The minimum absolute atomic E-state index is 0.0755. The SMILES string of the molecule is N#Cc1cc(-c2cc(-n3c4ccc(-c5ccccc5C#N)cc4c4cc(-c5ccccc5C#N)ccc43)c(C#N)c(-n3c4ccc(-c5ccccc5C#N)cc4c4cc(-c5ccccc5C#N)ccc43)c2)cc(C(F)(F)F)c1. The summed E-state index contributed by atoms with van der Waals surface area (Å²) in [7, 11) is 0. The van der Waals surface area contributed by atoms with E-state index in [4.69, 9.17) is 0 Å². The lowest BCUT2D eigenvalue weighted by atomic mass is 9.96. The monoisotopic (exact) mass is 1010 g/mol. The molecule has 0 aliphatic carbocycles. The fourth-order valence-electron chi connectivity index (χ4n) is 10.8. The van der Waals surface area contributed by atoms with Gasteiger partial charge in [0.25, 0.3) is 0 Å². The van der Waals surface area contributed by atoms with Crippen molar-refractivity contribution >= 4 is 43.6 Å². The summed E-state index contributed by atoms with van der Waals surface area (Å²) >= 11 is 0. The lowest BCUT2D eigenvalue weighted by Gasteiger charge is -2.19. The number of alkyl halides is 3. The first-order valence-electron chi connectivity index (χ1n) is 24.4. The second-order valence-electron chi connectivity index (χ2n) is 18.6. The maximum Gasteiger partial charge on any atom is 0.416 e. The molecule has 78 heavy (non-hydrogen) atoms. The van der Waals surface area contributed by atoms with Crippen molar-refractivity contribution in [1.82, 2.24) is 9.13 Å². The highest BCUT2D eigenvalue weighted by molar-refractivity contribution is 6.14. The summed E-state index contributed by atoms with van der Waals surface area (Å²) < 4.78 is 48.2. The van der Waals surface area contributed by atoms with Gasteiger partial charge < -0.3 is 9.13 Å². The number of rotatable bonds is 7. The van der Waals surface area contributed by atoms with Crippen molar-refractivity contribution in [1.29, 1.82) is 31.6 Å². The summed E-state index contributed by atoms with van der Waals surface area (Å²) in [6.07, 6.45) is -4.81. The van der Waals surface area contributed by atoms with Gasteiger partial charge in [-0.15, -0.1) is 0 Å². The van der Waals surface area contributed by atoms with E-state index in [0.717, 1.165) is 55.9 Å². The van der Waals surface area contributed by atoms with Crippen LogP contribution < -0.4 is 0 Å². The van der Waals surface area contributed by atoms with Crippen LogP contribution >= 0.6 is 0 Å². The number of nitriles is 6. The van der Waals surface area contributed by atoms with Crippen LogP contribution in [0, 0.1) is 68.0 Å². The predicted molar refractivity (Wildman–Crippen MR) is 296 cm³/mol. The first-order chi connectivity index (χ1) is 38.0. The van der Waals surface area contributed by atoms with Crippen molar-refractivity contribution in [3.05, 3.63) is 239 Å². The largest absolute Gasteiger partial charge is 0.416 e. The van der Waals surface area contributed by atoms with Gasteiger partial charge in [-0.1, -0.05) is 97.1 Å². The van der Waals surface area contributed by atoms with E-state index in [1.165, 1.54) is 6.07 Å². The lowest BCUT2D eigenvalue weighted by molar-refractivity contribution is -0.137. The van der Waals surface area contributed by atoms with Gasteiger partial charge in [0.15, 0.2) is 0 Å². The molecule has 2 heterocycles. The van der Waals surface area contributed by atoms with Crippen LogP contribution in [0.5, 0.6) is 0 Å². The summed E-state index contributed by atoms with van der Waals surface area (Å²) in [5.41, 5.74) is 9.94. The Bertz CT molecular complexity index is 4330. The molecule has 0 bridgehead atoms. The molecule has 11 heteroatoms. The third kappa shape index (κ3) is 7.82. The lowest BCUT2D eigenvalue weighted by Crippen LogP contribution is -2.07. The van der Waals surface area contributed by atoms with E-state index in [1.54, 1.807) is 60.7 Å². The van der Waals surface area contributed by atoms with E-state index in [1.807, 2.05) is 137 Å². The molecule has 12 rings (SSSR count). The van der Waals surface area contributed by atoms with Crippen molar-refractivity contribution < 1.29 is 13.2 Å². The van der Waals surface area contributed by atoms with Crippen LogP contribution in [0.15, 0.2) is 200 Å². The standard InChI is InChI=1S/C67H33F3N8/c68-67(69,70)51-26-40(34-71)25-49(27-51)50-32-65(77-61-21-17-41(52-13-5-1-9-45(52)35-72)28-56(61)57-29-42(18-22-62(57)77)53-14-6-2-10-46(53)36-73)60(39-76)66(33-50)78-63-23-19-43(54-15-7-3-11-47(54)37-74)30-58(63)59-31-44(20-24-64(59)78)55-16-8-4-12-48(55)38-75/h1-33H. The van der Waals surface area contributed by atoms with Crippen LogP contribution in [-0.4, -0.2) is 9.13 Å². The minimum atomic E-state index is -4.81. The van der Waals surface area contributed by atoms with Crippen LogP contribution in [0.3, 0.4) is 0 Å². The number of hydrogen-bond acceptors (Lipinski definition) is 6. The first-order valence-corrected chi connectivity index (χ1v) is 24.4. The zero-order valence-electron chi connectivity index (χ0n) is 40.8. The zero-order chi connectivity index (χ0) is 53.8. The zero-order valence-corrected chi connectivity index (χ0v) is 40.8. The molecule has 0 aliphatic rings. The average molecular weight is 1010 g/mol. The van der Waals surface area contributed by atoms with Gasteiger partial charge in [-0.3, -0.25) is 0 Å². The van der Waals surface area contributed by atoms with Gasteiger partial charge in [-0.25, -0.2) is 0 Å². The van der Waals surface area contributed by atoms with E-state index < -0.39 is 11.7 Å². The topological polar surface area (TPSA) is 153 Å². The normalized spacial score (nSPS) is 11.2. The maximum absolute atomic E-state index is 14.8. The number of fused-ring (bicyclic) bond motifs is 6. The Kier molecular flexibility index (Phi) is 11.4. The highest BCUT2D eigenvalue weighted by Crippen LogP contribution is 2.45. The molecule has 0 unspecified atom stereocenters. The molecule has 0 spiro atoms. The van der Waals surface area contributed by atoms with Crippen LogP contribution in [0.1, 0.15) is 38.9 Å². The number of halogens is 3. The number of benzene rings is 10. The highest BCUT2D eigenvalue weighted by Gasteiger charge is 2.32. The molecule has 0 radical (unpaired) electrons. The Labute approximate surface area is 444 Å². The molecule has 8 nitrogen and oxygen atoms in total. The van der Waals surface area contributed by atoms with Gasteiger partial charge in [0.2, 0.25) is 0 Å².